The van der Waals surface area contributed by atoms with Gasteiger partial charge in [-0.3, -0.25) is 4.79 Å². The van der Waals surface area contributed by atoms with Gasteiger partial charge in [-0.25, -0.2) is 22.0 Å². The topological polar surface area (TPSA) is 29.5 Å². The van der Waals surface area contributed by atoms with Crippen LogP contribution in [0, 0.1) is 35.0 Å². The number of rotatable bonds is 4. The van der Waals surface area contributed by atoms with Gasteiger partial charge in [0.1, 0.15) is 5.69 Å². The molecular formula is C12H12F5NO2. The first-order valence-electron chi connectivity index (χ1n) is 5.52. The molecule has 20 heavy (non-hydrogen) atoms. The summed E-state index contributed by atoms with van der Waals surface area (Å²) in [6, 6.07) is 0. The summed E-state index contributed by atoms with van der Waals surface area (Å²) < 4.78 is 70.4. The largest absolute Gasteiger partial charge is 0.469 e. The molecule has 8 heteroatoms. The number of anilines is 1. The molecule has 1 aromatic rings. The molecule has 0 amide bonds. The summed E-state index contributed by atoms with van der Waals surface area (Å²) in [6.07, 6.45) is 0. The quantitative estimate of drug-likeness (QED) is 0.370. The molecule has 0 saturated heterocycles. The smallest absolute Gasteiger partial charge is 0.310 e. The van der Waals surface area contributed by atoms with Crippen molar-refractivity contribution in [1.29, 1.82) is 0 Å². The van der Waals surface area contributed by atoms with Crippen LogP contribution in [0.15, 0.2) is 0 Å². The first-order chi connectivity index (χ1) is 9.22. The fourth-order valence-corrected chi connectivity index (χ4v) is 1.71. The molecular weight excluding hydrogens is 285 g/mol. The van der Waals surface area contributed by atoms with E-state index in [2.05, 4.69) is 4.74 Å². The fraction of sp³-hybridized carbons (Fsp3) is 0.417. The molecule has 0 aliphatic heterocycles. The van der Waals surface area contributed by atoms with Crippen LogP contribution in [-0.4, -0.2) is 26.7 Å². The summed E-state index contributed by atoms with van der Waals surface area (Å²) in [4.78, 5) is 12.0. The summed E-state index contributed by atoms with van der Waals surface area (Å²) in [6.45, 7) is 1.12. The Morgan fingerprint density at radius 3 is 1.85 bits per heavy atom. The first-order valence-corrected chi connectivity index (χ1v) is 5.52. The molecule has 0 aliphatic rings. The predicted molar refractivity (Wildman–Crippen MR) is 60.7 cm³/mol. The lowest BCUT2D eigenvalue weighted by atomic mass is 10.1. The van der Waals surface area contributed by atoms with Crippen LogP contribution >= 0.6 is 0 Å². The highest BCUT2D eigenvalue weighted by Crippen LogP contribution is 2.29. The lowest BCUT2D eigenvalue weighted by Crippen LogP contribution is -2.31. The van der Waals surface area contributed by atoms with Gasteiger partial charge < -0.3 is 9.64 Å². The predicted octanol–water partition coefficient (Wildman–Crippen LogP) is 2.63. The highest BCUT2D eigenvalue weighted by Gasteiger charge is 2.29. The minimum Gasteiger partial charge on any atom is -0.469 e. The van der Waals surface area contributed by atoms with E-state index in [9.17, 15) is 26.7 Å². The van der Waals surface area contributed by atoms with Crippen LogP contribution in [0.25, 0.3) is 0 Å². The second-order valence-corrected chi connectivity index (χ2v) is 4.22. The van der Waals surface area contributed by atoms with E-state index in [1.165, 1.54) is 6.92 Å². The molecule has 0 fully saturated rings. The van der Waals surface area contributed by atoms with Gasteiger partial charge in [0.2, 0.25) is 5.82 Å². The maximum Gasteiger partial charge on any atom is 0.310 e. The van der Waals surface area contributed by atoms with Gasteiger partial charge in [0.25, 0.3) is 0 Å². The number of ether oxygens (including phenoxy) is 1. The molecule has 0 N–H and O–H groups in total. The van der Waals surface area contributed by atoms with Crippen LogP contribution < -0.4 is 4.90 Å². The monoisotopic (exact) mass is 297 g/mol. The molecule has 0 aliphatic carbocycles. The Morgan fingerprint density at radius 1 is 1.05 bits per heavy atom. The van der Waals surface area contributed by atoms with Gasteiger partial charge in [-0.05, 0) is 0 Å². The van der Waals surface area contributed by atoms with Crippen LogP contribution in [0.5, 0.6) is 0 Å². The van der Waals surface area contributed by atoms with E-state index in [1.807, 2.05) is 0 Å². The van der Waals surface area contributed by atoms with Gasteiger partial charge in [-0.2, -0.15) is 0 Å². The normalized spacial score (nSPS) is 12.2. The third-order valence-corrected chi connectivity index (χ3v) is 2.72. The second kappa shape index (κ2) is 6.06. The number of benzene rings is 1. The van der Waals surface area contributed by atoms with Crippen LogP contribution in [0.3, 0.4) is 0 Å². The standard InChI is InChI=1S/C12H12F5NO2/c1-5(12(19)20-3)4-18(2)11-9(16)7(14)6(13)8(15)10(11)17/h5H,4H2,1-3H3. The Morgan fingerprint density at radius 2 is 1.45 bits per heavy atom. The Bertz CT molecular complexity index is 506. The van der Waals surface area contributed by atoms with Gasteiger partial charge in [0.05, 0.1) is 13.0 Å². The minimum atomic E-state index is -2.22. The number of carbonyl (C=O) groups excluding carboxylic acids is 1. The Hall–Kier alpha value is -1.86. The highest BCUT2D eigenvalue weighted by molar-refractivity contribution is 5.72. The summed E-state index contributed by atoms with van der Waals surface area (Å²) in [7, 11) is 2.23. The van der Waals surface area contributed by atoms with Gasteiger partial charge in [0.15, 0.2) is 23.3 Å². The van der Waals surface area contributed by atoms with Crippen molar-refractivity contribution in [1.82, 2.24) is 0 Å². The molecule has 112 valence electrons. The molecule has 1 rings (SSSR count). The van der Waals surface area contributed by atoms with Crippen molar-refractivity contribution < 1.29 is 31.5 Å². The number of methoxy groups -OCH3 is 1. The van der Waals surface area contributed by atoms with Crippen molar-refractivity contribution in [3.05, 3.63) is 29.1 Å². The molecule has 1 atom stereocenters. The minimum absolute atomic E-state index is 0.273. The zero-order valence-corrected chi connectivity index (χ0v) is 10.9. The number of nitrogens with zero attached hydrogens (tertiary/aromatic N) is 1. The molecule has 0 saturated carbocycles. The van der Waals surface area contributed by atoms with Crippen LogP contribution in [0.1, 0.15) is 6.92 Å². The molecule has 1 aromatic carbocycles. The van der Waals surface area contributed by atoms with E-state index in [1.54, 1.807) is 0 Å². The average Bonchev–Trinajstić information content (AvgIpc) is 2.42. The van der Waals surface area contributed by atoms with Crippen molar-refractivity contribution in [3.8, 4) is 0 Å². The van der Waals surface area contributed by atoms with Crippen molar-refractivity contribution >= 4 is 11.7 Å². The third kappa shape index (κ3) is 2.83. The number of hydrogen-bond donors (Lipinski definition) is 0. The number of halogens is 5. The van der Waals surface area contributed by atoms with E-state index in [-0.39, 0.29) is 6.54 Å². The third-order valence-electron chi connectivity index (χ3n) is 2.72. The zero-order chi connectivity index (χ0) is 15.6. The van der Waals surface area contributed by atoms with Crippen molar-refractivity contribution in [2.75, 3.05) is 25.6 Å². The van der Waals surface area contributed by atoms with Crippen molar-refractivity contribution in [2.24, 2.45) is 5.92 Å². The molecule has 1 unspecified atom stereocenters. The Kier molecular flexibility index (Phi) is 4.91. The van der Waals surface area contributed by atoms with Gasteiger partial charge in [-0.1, -0.05) is 6.92 Å². The summed E-state index contributed by atoms with van der Waals surface area (Å²) >= 11 is 0. The zero-order valence-electron chi connectivity index (χ0n) is 10.9. The van der Waals surface area contributed by atoms with Gasteiger partial charge in [-0.15, -0.1) is 0 Å². The molecule has 0 spiro atoms. The van der Waals surface area contributed by atoms with E-state index in [0.29, 0.717) is 0 Å². The summed E-state index contributed by atoms with van der Waals surface area (Å²) in [5.41, 5.74) is -1.09. The lowest BCUT2D eigenvalue weighted by Gasteiger charge is -2.23. The fourth-order valence-electron chi connectivity index (χ4n) is 1.71. The molecule has 3 nitrogen and oxygen atoms in total. The highest BCUT2D eigenvalue weighted by atomic mass is 19.2. The van der Waals surface area contributed by atoms with Crippen molar-refractivity contribution in [2.45, 2.75) is 6.92 Å². The SMILES string of the molecule is COC(=O)C(C)CN(C)c1c(F)c(F)c(F)c(F)c1F. The number of carbonyl (C=O) groups is 1. The summed E-state index contributed by atoms with van der Waals surface area (Å²) in [5, 5.41) is 0. The molecule has 0 aromatic heterocycles. The molecule has 0 heterocycles. The average molecular weight is 297 g/mol. The first kappa shape index (κ1) is 16.2. The maximum atomic E-state index is 13.5. The van der Waals surface area contributed by atoms with E-state index >= 15 is 0 Å². The number of hydrogen-bond acceptors (Lipinski definition) is 3. The Balaban J connectivity index is 3.17. The Labute approximate surface area is 111 Å². The molecule has 0 bridgehead atoms. The lowest BCUT2D eigenvalue weighted by molar-refractivity contribution is -0.144. The summed E-state index contributed by atoms with van der Waals surface area (Å²) in [5.74, 6) is -11.6. The van der Waals surface area contributed by atoms with Crippen LogP contribution in [0.4, 0.5) is 27.6 Å². The van der Waals surface area contributed by atoms with Crippen molar-refractivity contribution in [3.63, 3.8) is 0 Å². The van der Waals surface area contributed by atoms with Gasteiger partial charge >= 0.3 is 5.97 Å². The van der Waals surface area contributed by atoms with E-state index < -0.39 is 46.7 Å². The van der Waals surface area contributed by atoms with Crippen LogP contribution in [0.2, 0.25) is 0 Å². The van der Waals surface area contributed by atoms with Gasteiger partial charge in [0, 0.05) is 13.6 Å². The number of esters is 1. The van der Waals surface area contributed by atoms with Crippen LogP contribution in [-0.2, 0) is 9.53 Å². The van der Waals surface area contributed by atoms with E-state index in [4.69, 9.17) is 0 Å². The second-order valence-electron chi connectivity index (χ2n) is 4.22. The maximum absolute atomic E-state index is 13.5. The van der Waals surface area contributed by atoms with E-state index in [0.717, 1.165) is 19.1 Å². The molecule has 0 radical (unpaired) electrons.